The summed E-state index contributed by atoms with van der Waals surface area (Å²) in [6, 6.07) is 7.15. The molecule has 0 amide bonds. The van der Waals surface area contributed by atoms with E-state index >= 15 is 0 Å². The monoisotopic (exact) mass is 467 g/mol. The first-order valence-electron chi connectivity index (χ1n) is 12.7. The molecule has 7 heteroatoms. The summed E-state index contributed by atoms with van der Waals surface area (Å²) in [5.41, 5.74) is 10.5. The fourth-order valence-electron chi connectivity index (χ4n) is 5.71. The lowest BCUT2D eigenvalue weighted by Gasteiger charge is -2.28. The Hall–Kier alpha value is -3.29. The Balaban J connectivity index is 1.34. The largest absolute Gasteiger partial charge is 0.344 e. The summed E-state index contributed by atoms with van der Waals surface area (Å²) in [4.78, 5) is 5.69. The average Bonchev–Trinajstić information content (AvgIpc) is 3.51. The number of nitrogens with one attached hydrogen (secondary N) is 2. The zero-order valence-corrected chi connectivity index (χ0v) is 20.8. The van der Waals surface area contributed by atoms with Crippen molar-refractivity contribution in [1.29, 1.82) is 0 Å². The molecule has 1 saturated heterocycles. The summed E-state index contributed by atoms with van der Waals surface area (Å²) in [5.74, 6) is 0. The standard InChI is InChI=1S/C28H33N7/c1-18-12-21(13-19(2)27(18)20-4-8-29-9-5-20)26-14-24-25(16-30-28(24)33-32-26)22-15-31-35(17-22)23-6-10-34(3)11-7-23/h4,12-17,23,29H,5-11H2,1-3H3,(H,30,33). The average molecular weight is 468 g/mol. The van der Waals surface area contributed by atoms with Crippen LogP contribution in [0.25, 0.3) is 39.0 Å². The molecule has 0 saturated carbocycles. The summed E-state index contributed by atoms with van der Waals surface area (Å²) in [6.07, 6.45) is 11.9. The Kier molecular flexibility index (Phi) is 5.74. The fourth-order valence-corrected chi connectivity index (χ4v) is 5.71. The first kappa shape index (κ1) is 22.2. The predicted octanol–water partition coefficient (Wildman–Crippen LogP) is 4.75. The van der Waals surface area contributed by atoms with E-state index in [1.165, 1.54) is 22.3 Å². The van der Waals surface area contributed by atoms with Crippen molar-refractivity contribution in [2.45, 2.75) is 39.2 Å². The van der Waals surface area contributed by atoms with Crippen LogP contribution in [0.15, 0.2) is 42.9 Å². The Labute approximate surface area is 206 Å². The molecule has 0 spiro atoms. The number of piperidine rings is 1. The highest BCUT2D eigenvalue weighted by atomic mass is 15.3. The second kappa shape index (κ2) is 9.06. The zero-order chi connectivity index (χ0) is 23.9. The molecule has 3 aromatic heterocycles. The van der Waals surface area contributed by atoms with Gasteiger partial charge in [0.2, 0.25) is 0 Å². The number of aromatic nitrogens is 5. The van der Waals surface area contributed by atoms with Crippen LogP contribution in [-0.2, 0) is 0 Å². The maximum atomic E-state index is 4.72. The van der Waals surface area contributed by atoms with Gasteiger partial charge in [-0.25, -0.2) is 0 Å². The zero-order valence-electron chi connectivity index (χ0n) is 20.8. The summed E-state index contributed by atoms with van der Waals surface area (Å²) >= 11 is 0. The van der Waals surface area contributed by atoms with Crippen molar-refractivity contribution in [3.63, 3.8) is 0 Å². The molecule has 4 aromatic rings. The molecule has 2 N–H and O–H groups in total. The maximum absolute atomic E-state index is 4.72. The molecule has 1 aromatic carbocycles. The number of aromatic amines is 1. The molecular weight excluding hydrogens is 434 g/mol. The van der Waals surface area contributed by atoms with E-state index in [2.05, 4.69) is 81.4 Å². The quantitative estimate of drug-likeness (QED) is 0.453. The number of hydrogen-bond donors (Lipinski definition) is 2. The molecule has 7 nitrogen and oxygen atoms in total. The molecule has 2 aliphatic heterocycles. The Morgan fingerprint density at radius 1 is 1.00 bits per heavy atom. The molecule has 0 bridgehead atoms. The SMILES string of the molecule is Cc1cc(-c2cc3c(-c4cnn(C5CCN(C)CC5)c4)c[nH]c3nn2)cc(C)c1C1=CCNCC1. The van der Waals surface area contributed by atoms with E-state index in [4.69, 9.17) is 5.10 Å². The van der Waals surface area contributed by atoms with Gasteiger partial charge in [0.15, 0.2) is 5.65 Å². The molecule has 6 rings (SSSR count). The topological polar surface area (TPSA) is 74.7 Å². The van der Waals surface area contributed by atoms with Crippen LogP contribution in [0.2, 0.25) is 0 Å². The van der Waals surface area contributed by atoms with Crippen molar-refractivity contribution in [3.05, 3.63) is 59.6 Å². The van der Waals surface area contributed by atoms with E-state index in [9.17, 15) is 0 Å². The maximum Gasteiger partial charge on any atom is 0.160 e. The van der Waals surface area contributed by atoms with Gasteiger partial charge in [0.05, 0.1) is 17.9 Å². The first-order chi connectivity index (χ1) is 17.1. The molecule has 180 valence electrons. The van der Waals surface area contributed by atoms with Crippen molar-refractivity contribution in [2.75, 3.05) is 33.2 Å². The molecule has 0 aliphatic carbocycles. The summed E-state index contributed by atoms with van der Waals surface area (Å²) in [5, 5.41) is 18.3. The fraction of sp³-hybridized carbons (Fsp3) is 0.393. The third-order valence-corrected chi connectivity index (χ3v) is 7.63. The summed E-state index contributed by atoms with van der Waals surface area (Å²) < 4.78 is 2.15. The van der Waals surface area contributed by atoms with E-state index in [0.29, 0.717) is 6.04 Å². The van der Waals surface area contributed by atoms with Gasteiger partial charge in [-0.3, -0.25) is 4.68 Å². The van der Waals surface area contributed by atoms with E-state index in [1.54, 1.807) is 0 Å². The van der Waals surface area contributed by atoms with Gasteiger partial charge in [-0.15, -0.1) is 10.2 Å². The van der Waals surface area contributed by atoms with Gasteiger partial charge in [-0.1, -0.05) is 6.08 Å². The van der Waals surface area contributed by atoms with Crippen molar-refractivity contribution < 1.29 is 0 Å². The van der Waals surface area contributed by atoms with Crippen molar-refractivity contribution >= 4 is 16.6 Å². The normalized spacial score (nSPS) is 17.7. The number of aryl methyl sites for hydroxylation is 2. The smallest absolute Gasteiger partial charge is 0.160 e. The minimum atomic E-state index is 0.472. The molecule has 1 fully saturated rings. The lowest BCUT2D eigenvalue weighted by Crippen LogP contribution is -2.31. The lowest BCUT2D eigenvalue weighted by atomic mass is 9.90. The van der Waals surface area contributed by atoms with Crippen LogP contribution >= 0.6 is 0 Å². The number of nitrogens with zero attached hydrogens (tertiary/aromatic N) is 5. The van der Waals surface area contributed by atoms with Crippen LogP contribution in [0.4, 0.5) is 0 Å². The second-order valence-electron chi connectivity index (χ2n) is 10.1. The van der Waals surface area contributed by atoms with Crippen molar-refractivity contribution in [1.82, 2.24) is 35.2 Å². The number of likely N-dealkylation sites (tertiary alicyclic amines) is 1. The van der Waals surface area contributed by atoms with Gasteiger partial charge in [-0.05, 0) is 100 Å². The van der Waals surface area contributed by atoms with E-state index in [-0.39, 0.29) is 0 Å². The van der Waals surface area contributed by atoms with Crippen molar-refractivity contribution in [3.8, 4) is 22.4 Å². The van der Waals surface area contributed by atoms with Gasteiger partial charge < -0.3 is 15.2 Å². The number of hydrogen-bond acceptors (Lipinski definition) is 5. The van der Waals surface area contributed by atoms with Crippen LogP contribution in [0.5, 0.6) is 0 Å². The van der Waals surface area contributed by atoms with Gasteiger partial charge in [0.25, 0.3) is 0 Å². The third kappa shape index (κ3) is 4.19. The lowest BCUT2D eigenvalue weighted by molar-refractivity contribution is 0.212. The van der Waals surface area contributed by atoms with Gasteiger partial charge in [-0.2, -0.15) is 5.10 Å². The van der Waals surface area contributed by atoms with Crippen LogP contribution in [0, 0.1) is 13.8 Å². The van der Waals surface area contributed by atoms with Gasteiger partial charge >= 0.3 is 0 Å². The second-order valence-corrected chi connectivity index (χ2v) is 10.1. The molecule has 2 aliphatic rings. The first-order valence-corrected chi connectivity index (χ1v) is 12.7. The van der Waals surface area contributed by atoms with E-state index in [0.717, 1.165) is 78.9 Å². The number of fused-ring (bicyclic) bond motifs is 1. The van der Waals surface area contributed by atoms with E-state index < -0.39 is 0 Å². The van der Waals surface area contributed by atoms with Crippen LogP contribution in [0.1, 0.15) is 42.0 Å². The van der Waals surface area contributed by atoms with Gasteiger partial charge in [0, 0.05) is 41.0 Å². The Morgan fingerprint density at radius 3 is 2.54 bits per heavy atom. The number of rotatable bonds is 4. The summed E-state index contributed by atoms with van der Waals surface area (Å²) in [6.45, 7) is 8.65. The number of H-pyrrole nitrogens is 1. The molecule has 5 heterocycles. The highest BCUT2D eigenvalue weighted by Crippen LogP contribution is 2.34. The highest BCUT2D eigenvalue weighted by Gasteiger charge is 2.20. The van der Waals surface area contributed by atoms with Crippen LogP contribution in [0.3, 0.4) is 0 Å². The minimum absolute atomic E-state index is 0.472. The molecular formula is C28H33N7. The molecule has 35 heavy (non-hydrogen) atoms. The third-order valence-electron chi connectivity index (χ3n) is 7.63. The molecule has 0 radical (unpaired) electrons. The highest BCUT2D eigenvalue weighted by molar-refractivity contribution is 5.95. The predicted molar refractivity (Wildman–Crippen MR) is 141 cm³/mol. The minimum Gasteiger partial charge on any atom is -0.344 e. The van der Waals surface area contributed by atoms with Crippen LogP contribution < -0.4 is 5.32 Å². The van der Waals surface area contributed by atoms with Crippen molar-refractivity contribution in [2.24, 2.45) is 0 Å². The van der Waals surface area contributed by atoms with E-state index in [1.807, 2.05) is 12.4 Å². The summed E-state index contributed by atoms with van der Waals surface area (Å²) in [7, 11) is 2.19. The van der Waals surface area contributed by atoms with Crippen LogP contribution in [-0.4, -0.2) is 63.1 Å². The number of benzene rings is 1. The Morgan fingerprint density at radius 2 is 1.80 bits per heavy atom. The van der Waals surface area contributed by atoms with Gasteiger partial charge in [0.1, 0.15) is 0 Å². The Bertz CT molecular complexity index is 1380. The molecule has 0 unspecified atom stereocenters. The molecule has 0 atom stereocenters.